The molecule has 0 spiro atoms. The molecule has 11 heteroatoms. The summed E-state index contributed by atoms with van der Waals surface area (Å²) in [5.41, 5.74) is 0.589. The van der Waals surface area contributed by atoms with Gasteiger partial charge in [-0.3, -0.25) is 14.5 Å². The highest BCUT2D eigenvalue weighted by Crippen LogP contribution is 2.34. The molecule has 1 fully saturated rings. The molecule has 1 saturated heterocycles. The summed E-state index contributed by atoms with van der Waals surface area (Å²) in [4.78, 5) is 37.6. The minimum Gasteiger partial charge on any atom is -0.507 e. The van der Waals surface area contributed by atoms with Crippen LogP contribution in [0.5, 0.6) is 17.2 Å². The lowest BCUT2D eigenvalue weighted by atomic mass is 10.2. The monoisotopic (exact) mass is 474 g/mol. The number of carboxylic acid groups (broad SMARTS) is 1. The van der Waals surface area contributed by atoms with Crippen LogP contribution in [0.15, 0.2) is 41.3 Å². The van der Waals surface area contributed by atoms with E-state index in [-0.39, 0.29) is 22.1 Å². The van der Waals surface area contributed by atoms with E-state index in [9.17, 15) is 19.5 Å². The van der Waals surface area contributed by atoms with Gasteiger partial charge in [-0.25, -0.2) is 4.79 Å². The first kappa shape index (κ1) is 23.1. The first-order chi connectivity index (χ1) is 15.2. The van der Waals surface area contributed by atoms with Gasteiger partial charge in [0.15, 0.2) is 11.5 Å². The molecule has 3 rings (SSSR count). The zero-order valence-corrected chi connectivity index (χ0v) is 18.6. The number of aromatic hydroxyl groups is 1. The SMILES string of the molecule is COc1ccc(/C=C2\SC(=S)N(CC(=O)Nc3ccc(C(=O)O)c(O)c3)C2=O)cc1OC. The molecule has 0 aromatic heterocycles. The highest BCUT2D eigenvalue weighted by molar-refractivity contribution is 8.26. The zero-order chi connectivity index (χ0) is 23.4. The number of nitrogens with zero attached hydrogens (tertiary/aromatic N) is 1. The van der Waals surface area contributed by atoms with Crippen LogP contribution in [0.1, 0.15) is 15.9 Å². The largest absolute Gasteiger partial charge is 0.507 e. The molecule has 0 aliphatic carbocycles. The third-order valence-corrected chi connectivity index (χ3v) is 5.77. The summed E-state index contributed by atoms with van der Waals surface area (Å²) in [6, 6.07) is 8.80. The topological polar surface area (TPSA) is 125 Å². The van der Waals surface area contributed by atoms with Gasteiger partial charge in [0.1, 0.15) is 22.2 Å². The fourth-order valence-corrected chi connectivity index (χ4v) is 4.12. The third kappa shape index (κ3) is 5.01. The smallest absolute Gasteiger partial charge is 0.339 e. The zero-order valence-electron chi connectivity index (χ0n) is 16.9. The molecule has 2 aromatic carbocycles. The predicted molar refractivity (Wildman–Crippen MR) is 123 cm³/mol. The van der Waals surface area contributed by atoms with Gasteiger partial charge >= 0.3 is 5.97 Å². The van der Waals surface area contributed by atoms with Crippen molar-refractivity contribution in [3.8, 4) is 17.2 Å². The number of aromatic carboxylic acids is 1. The number of thioether (sulfide) groups is 1. The number of methoxy groups -OCH3 is 2. The fourth-order valence-electron chi connectivity index (χ4n) is 2.86. The minimum atomic E-state index is -1.29. The number of hydrogen-bond acceptors (Lipinski definition) is 8. The standard InChI is InChI=1S/C21H18N2O7S2/c1-29-15-6-3-11(7-16(15)30-2)8-17-19(26)23(21(31)32-17)10-18(25)22-12-4-5-13(20(27)28)14(24)9-12/h3-9,24H,10H2,1-2H3,(H,22,25)(H,27,28)/b17-8-. The summed E-state index contributed by atoms with van der Waals surface area (Å²) in [5, 5.41) is 21.2. The molecule has 32 heavy (non-hydrogen) atoms. The van der Waals surface area contributed by atoms with Crippen molar-refractivity contribution in [2.75, 3.05) is 26.1 Å². The van der Waals surface area contributed by atoms with Crippen LogP contribution < -0.4 is 14.8 Å². The number of thiocarbonyl (C=S) groups is 1. The van der Waals surface area contributed by atoms with Crippen molar-refractivity contribution in [3.05, 3.63) is 52.4 Å². The molecule has 0 radical (unpaired) electrons. The lowest BCUT2D eigenvalue weighted by Gasteiger charge is -2.14. The average molecular weight is 475 g/mol. The van der Waals surface area contributed by atoms with Crippen LogP contribution in [0.3, 0.4) is 0 Å². The van der Waals surface area contributed by atoms with Gasteiger partial charge in [-0.1, -0.05) is 30.0 Å². The number of benzene rings is 2. The van der Waals surface area contributed by atoms with Crippen molar-refractivity contribution >= 4 is 57.8 Å². The summed E-state index contributed by atoms with van der Waals surface area (Å²) in [6.07, 6.45) is 1.64. The van der Waals surface area contributed by atoms with E-state index in [2.05, 4.69) is 5.32 Å². The summed E-state index contributed by atoms with van der Waals surface area (Å²) < 4.78 is 10.7. The highest BCUT2D eigenvalue weighted by atomic mass is 32.2. The summed E-state index contributed by atoms with van der Waals surface area (Å²) in [5.74, 6) is -1.70. The summed E-state index contributed by atoms with van der Waals surface area (Å²) >= 11 is 6.31. The lowest BCUT2D eigenvalue weighted by molar-refractivity contribution is -0.126. The fraction of sp³-hybridized carbons (Fsp3) is 0.143. The van der Waals surface area contributed by atoms with E-state index in [4.69, 9.17) is 26.8 Å². The number of anilines is 1. The molecule has 0 saturated carbocycles. The maximum absolute atomic E-state index is 12.8. The van der Waals surface area contributed by atoms with Crippen LogP contribution in [-0.4, -0.2) is 58.0 Å². The van der Waals surface area contributed by atoms with Crippen LogP contribution in [-0.2, 0) is 9.59 Å². The molecular weight excluding hydrogens is 456 g/mol. The maximum atomic E-state index is 12.8. The Labute approximate surface area is 192 Å². The number of hydrogen-bond donors (Lipinski definition) is 3. The van der Waals surface area contributed by atoms with Crippen molar-refractivity contribution in [1.29, 1.82) is 0 Å². The van der Waals surface area contributed by atoms with Gasteiger partial charge in [0.2, 0.25) is 5.91 Å². The molecule has 1 aliphatic heterocycles. The van der Waals surface area contributed by atoms with Crippen LogP contribution in [0.4, 0.5) is 5.69 Å². The Morgan fingerprint density at radius 1 is 1.16 bits per heavy atom. The minimum absolute atomic E-state index is 0.184. The number of amides is 2. The van der Waals surface area contributed by atoms with Crippen LogP contribution >= 0.6 is 24.0 Å². The number of carbonyl (C=O) groups is 3. The van der Waals surface area contributed by atoms with Crippen molar-refractivity contribution in [3.63, 3.8) is 0 Å². The molecule has 2 aromatic rings. The van der Waals surface area contributed by atoms with Gasteiger partial charge in [0.05, 0.1) is 19.1 Å². The van der Waals surface area contributed by atoms with Crippen molar-refractivity contribution < 1.29 is 34.1 Å². The third-order valence-electron chi connectivity index (χ3n) is 4.39. The molecule has 166 valence electrons. The molecule has 0 unspecified atom stereocenters. The van der Waals surface area contributed by atoms with E-state index >= 15 is 0 Å². The predicted octanol–water partition coefficient (Wildman–Crippen LogP) is 2.95. The molecule has 1 heterocycles. The van der Waals surface area contributed by atoms with Crippen molar-refractivity contribution in [2.24, 2.45) is 0 Å². The van der Waals surface area contributed by atoms with E-state index < -0.39 is 23.5 Å². The maximum Gasteiger partial charge on any atom is 0.339 e. The molecule has 1 aliphatic rings. The Morgan fingerprint density at radius 3 is 2.50 bits per heavy atom. The molecule has 9 nitrogen and oxygen atoms in total. The molecule has 0 atom stereocenters. The molecular formula is C21H18N2O7S2. The lowest BCUT2D eigenvalue weighted by Crippen LogP contribution is -2.36. The average Bonchev–Trinajstić information content (AvgIpc) is 3.00. The summed E-state index contributed by atoms with van der Waals surface area (Å²) in [7, 11) is 3.03. The van der Waals surface area contributed by atoms with E-state index in [0.29, 0.717) is 22.0 Å². The van der Waals surface area contributed by atoms with E-state index in [0.717, 1.165) is 22.7 Å². The van der Waals surface area contributed by atoms with Crippen LogP contribution in [0.25, 0.3) is 6.08 Å². The number of carboxylic acids is 1. The van der Waals surface area contributed by atoms with Gasteiger partial charge in [0.25, 0.3) is 5.91 Å². The first-order valence-corrected chi connectivity index (χ1v) is 10.3. The number of carbonyl (C=O) groups excluding carboxylic acids is 2. The number of nitrogens with one attached hydrogen (secondary N) is 1. The van der Waals surface area contributed by atoms with Crippen molar-refractivity contribution in [2.45, 2.75) is 0 Å². The van der Waals surface area contributed by atoms with Crippen molar-refractivity contribution in [1.82, 2.24) is 4.90 Å². The van der Waals surface area contributed by atoms with E-state index in [1.165, 1.54) is 26.4 Å². The first-order valence-electron chi connectivity index (χ1n) is 9.07. The van der Waals surface area contributed by atoms with Gasteiger partial charge < -0.3 is 25.0 Å². The van der Waals surface area contributed by atoms with Gasteiger partial charge in [-0.2, -0.15) is 0 Å². The molecule has 3 N–H and O–H groups in total. The second-order valence-electron chi connectivity index (χ2n) is 6.47. The Morgan fingerprint density at radius 2 is 1.88 bits per heavy atom. The highest BCUT2D eigenvalue weighted by Gasteiger charge is 2.33. The second-order valence-corrected chi connectivity index (χ2v) is 8.14. The Bertz CT molecular complexity index is 1150. The van der Waals surface area contributed by atoms with Gasteiger partial charge in [-0.05, 0) is 35.9 Å². The van der Waals surface area contributed by atoms with Crippen LogP contribution in [0, 0.1) is 0 Å². The number of ether oxygens (including phenoxy) is 2. The van der Waals surface area contributed by atoms with E-state index in [1.54, 1.807) is 24.3 Å². The molecule has 0 bridgehead atoms. The normalized spacial score (nSPS) is 14.6. The number of phenols is 1. The molecule has 2 amide bonds. The van der Waals surface area contributed by atoms with E-state index in [1.807, 2.05) is 0 Å². The van der Waals surface area contributed by atoms with Gasteiger partial charge in [0, 0.05) is 11.8 Å². The number of rotatable bonds is 7. The Hall–Kier alpha value is -3.57. The summed E-state index contributed by atoms with van der Waals surface area (Å²) in [6.45, 7) is -0.338. The van der Waals surface area contributed by atoms with Gasteiger partial charge in [-0.15, -0.1) is 0 Å². The Balaban J connectivity index is 1.71. The quantitative estimate of drug-likeness (QED) is 0.410. The Kier molecular flexibility index (Phi) is 7.01. The second kappa shape index (κ2) is 9.71. The van der Waals surface area contributed by atoms with Crippen LogP contribution in [0.2, 0.25) is 0 Å².